The molecule has 0 unspecified atom stereocenters. The molecule has 0 aliphatic carbocycles. The third-order valence-corrected chi connectivity index (χ3v) is 0.774. The molecule has 2 heteroatoms. The van der Waals surface area contributed by atoms with E-state index < -0.39 is 0 Å². The molecule has 1 nitrogen and oxygen atoms in total. The van der Waals surface area contributed by atoms with Crippen LogP contribution in [0.4, 0.5) is 0 Å². The minimum Gasteiger partial charge on any atom is -0.299 e. The van der Waals surface area contributed by atoms with Crippen molar-refractivity contribution in [3.8, 4) is 0 Å². The predicted octanol–water partition coefficient (Wildman–Crippen LogP) is 0.784. The smallest absolute Gasteiger partial charge is 0.143 e. The van der Waals surface area contributed by atoms with Crippen LogP contribution in [0.1, 0.15) is 0 Å². The lowest BCUT2D eigenvalue weighted by Gasteiger charge is -1.69. The fourth-order valence-electron chi connectivity index (χ4n) is 0. The molecular formula is C3H4BrO. The highest BCUT2D eigenvalue weighted by atomic mass is 79.9. The average Bonchev–Trinajstić information content (AvgIpc) is 1.38. The summed E-state index contributed by atoms with van der Waals surface area (Å²) >= 11 is 2.90. The molecule has 0 aromatic carbocycles. The van der Waals surface area contributed by atoms with E-state index >= 15 is 0 Å². The third-order valence-electron chi connectivity index (χ3n) is 0.149. The number of rotatable bonds is 1. The van der Waals surface area contributed by atoms with Crippen molar-refractivity contribution in [2.45, 2.75) is 0 Å². The van der Waals surface area contributed by atoms with Gasteiger partial charge in [-0.15, -0.1) is 0 Å². The number of hydrogen-bond donors (Lipinski definition) is 0. The Labute approximate surface area is 39.5 Å². The molecule has 0 N–H and O–H groups in total. The van der Waals surface area contributed by atoms with Crippen LogP contribution in [-0.4, -0.2) is 11.1 Å². The van der Waals surface area contributed by atoms with Gasteiger partial charge in [0.25, 0.3) is 0 Å². The highest BCUT2D eigenvalue weighted by Gasteiger charge is 1.79. The van der Waals surface area contributed by atoms with Crippen molar-refractivity contribution in [2.75, 3.05) is 5.33 Å². The van der Waals surface area contributed by atoms with Crippen LogP contribution >= 0.6 is 15.9 Å². The summed E-state index contributed by atoms with van der Waals surface area (Å²) < 4.78 is 0. The van der Waals surface area contributed by atoms with Gasteiger partial charge in [-0.2, -0.15) is 0 Å². The molecule has 0 saturated carbocycles. The maximum atomic E-state index is 9.65. The first-order valence-corrected chi connectivity index (χ1v) is 2.30. The van der Waals surface area contributed by atoms with Gasteiger partial charge in [0.1, 0.15) is 5.78 Å². The van der Waals surface area contributed by atoms with Crippen LogP contribution in [0.5, 0.6) is 0 Å². The van der Waals surface area contributed by atoms with E-state index in [0.717, 1.165) is 0 Å². The van der Waals surface area contributed by atoms with Crippen molar-refractivity contribution in [1.29, 1.82) is 0 Å². The fraction of sp³-hybridized carbons (Fsp3) is 0.333. The van der Waals surface area contributed by atoms with Gasteiger partial charge in [-0.3, -0.25) is 4.79 Å². The number of carbonyl (C=O) groups is 1. The minimum absolute atomic E-state index is 0.0787. The Morgan fingerprint density at radius 2 is 2.20 bits per heavy atom. The number of halogens is 1. The zero-order valence-electron chi connectivity index (χ0n) is 2.70. The largest absolute Gasteiger partial charge is 0.299 e. The van der Waals surface area contributed by atoms with E-state index in [9.17, 15) is 4.79 Å². The highest BCUT2D eigenvalue weighted by molar-refractivity contribution is 9.09. The molecule has 0 aliphatic heterocycles. The van der Waals surface area contributed by atoms with E-state index in [0.29, 0.717) is 5.33 Å². The normalized spacial score (nSPS) is 7.60. The zero-order valence-corrected chi connectivity index (χ0v) is 4.29. The second-order valence-electron chi connectivity index (χ2n) is 0.672. The Morgan fingerprint density at radius 3 is 2.20 bits per heavy atom. The SMILES string of the molecule is [CH2]C(=O)CBr. The van der Waals surface area contributed by atoms with Gasteiger partial charge < -0.3 is 0 Å². The van der Waals surface area contributed by atoms with Crippen molar-refractivity contribution >= 4 is 21.7 Å². The Kier molecular flexibility index (Phi) is 2.46. The molecule has 0 heterocycles. The standard InChI is InChI=1S/C3H4BrO/c1-3(5)2-4/h1-2H2. The molecule has 0 aromatic heterocycles. The van der Waals surface area contributed by atoms with E-state index in [1.165, 1.54) is 0 Å². The molecule has 0 rings (SSSR count). The van der Waals surface area contributed by atoms with Crippen LogP contribution < -0.4 is 0 Å². The van der Waals surface area contributed by atoms with Crippen LogP contribution in [0.25, 0.3) is 0 Å². The first kappa shape index (κ1) is 5.15. The molecule has 0 fully saturated rings. The number of alkyl halides is 1. The van der Waals surface area contributed by atoms with Crippen molar-refractivity contribution in [2.24, 2.45) is 0 Å². The molecule has 0 amide bonds. The Balaban J connectivity index is 2.85. The summed E-state index contributed by atoms with van der Waals surface area (Å²) in [7, 11) is 0. The van der Waals surface area contributed by atoms with Crippen LogP contribution in [0.2, 0.25) is 0 Å². The lowest BCUT2D eigenvalue weighted by Crippen LogP contribution is -1.86. The molecule has 1 radical (unpaired) electrons. The van der Waals surface area contributed by atoms with E-state index in [4.69, 9.17) is 0 Å². The Bertz CT molecular complexity index is 42.2. The van der Waals surface area contributed by atoms with Crippen molar-refractivity contribution in [3.05, 3.63) is 6.92 Å². The number of carbonyl (C=O) groups excluding carboxylic acids is 1. The van der Waals surface area contributed by atoms with Crippen LogP contribution in [-0.2, 0) is 4.79 Å². The minimum atomic E-state index is -0.0787. The van der Waals surface area contributed by atoms with Gasteiger partial charge in [-0.1, -0.05) is 15.9 Å². The molecule has 0 aromatic rings. The first-order valence-electron chi connectivity index (χ1n) is 1.18. The third kappa shape index (κ3) is 4.15. The van der Waals surface area contributed by atoms with Crippen molar-refractivity contribution in [3.63, 3.8) is 0 Å². The molecule has 0 aliphatic rings. The summed E-state index contributed by atoms with van der Waals surface area (Å²) in [4.78, 5) is 9.65. The van der Waals surface area contributed by atoms with Gasteiger partial charge in [0, 0.05) is 6.92 Å². The summed E-state index contributed by atoms with van der Waals surface area (Å²) in [5, 5.41) is 0.368. The Hall–Kier alpha value is 0.150. The number of ketones is 1. The summed E-state index contributed by atoms with van der Waals surface area (Å²) in [5.41, 5.74) is 0. The van der Waals surface area contributed by atoms with Gasteiger partial charge in [-0.25, -0.2) is 0 Å². The topological polar surface area (TPSA) is 17.1 Å². The second kappa shape index (κ2) is 2.39. The average molecular weight is 136 g/mol. The Morgan fingerprint density at radius 1 is 2.00 bits per heavy atom. The molecule has 29 valence electrons. The van der Waals surface area contributed by atoms with Crippen LogP contribution in [0.15, 0.2) is 0 Å². The molecule has 0 bridgehead atoms. The quantitative estimate of drug-likeness (QED) is 0.487. The lowest BCUT2D eigenvalue weighted by atomic mass is 10.5. The summed E-state index contributed by atoms with van der Waals surface area (Å²) in [6.07, 6.45) is 0. The maximum Gasteiger partial charge on any atom is 0.143 e. The zero-order chi connectivity index (χ0) is 4.28. The molecule has 0 saturated heterocycles. The van der Waals surface area contributed by atoms with Gasteiger partial charge in [0.15, 0.2) is 0 Å². The maximum absolute atomic E-state index is 9.65. The molecule has 5 heavy (non-hydrogen) atoms. The van der Waals surface area contributed by atoms with Crippen LogP contribution in [0, 0.1) is 6.92 Å². The first-order chi connectivity index (χ1) is 2.27. The van der Waals surface area contributed by atoms with E-state index in [2.05, 4.69) is 22.9 Å². The fourth-order valence-corrected chi connectivity index (χ4v) is 0. The predicted molar refractivity (Wildman–Crippen MR) is 24.2 cm³/mol. The van der Waals surface area contributed by atoms with Gasteiger partial charge in [-0.05, 0) is 0 Å². The monoisotopic (exact) mass is 135 g/mol. The van der Waals surface area contributed by atoms with Gasteiger partial charge in [0.05, 0.1) is 5.33 Å². The summed E-state index contributed by atoms with van der Waals surface area (Å²) in [5.74, 6) is -0.0787. The van der Waals surface area contributed by atoms with E-state index in [1.807, 2.05) is 0 Å². The number of hydrogen-bond acceptors (Lipinski definition) is 1. The van der Waals surface area contributed by atoms with Crippen molar-refractivity contribution in [1.82, 2.24) is 0 Å². The van der Waals surface area contributed by atoms with E-state index in [-0.39, 0.29) is 5.78 Å². The summed E-state index contributed by atoms with van der Waals surface area (Å²) in [6, 6.07) is 0. The van der Waals surface area contributed by atoms with Crippen molar-refractivity contribution < 1.29 is 4.79 Å². The lowest BCUT2D eigenvalue weighted by molar-refractivity contribution is -0.112. The number of Topliss-reactive ketones (excluding diaryl/α,β-unsaturated/α-hetero) is 1. The van der Waals surface area contributed by atoms with E-state index in [1.54, 1.807) is 0 Å². The highest BCUT2D eigenvalue weighted by Crippen LogP contribution is 1.75. The molecule has 0 spiro atoms. The van der Waals surface area contributed by atoms with Gasteiger partial charge >= 0.3 is 0 Å². The summed E-state index contributed by atoms with van der Waals surface area (Å²) in [6.45, 7) is 3.07. The molecular weight excluding hydrogens is 132 g/mol. The second-order valence-corrected chi connectivity index (χ2v) is 1.23. The van der Waals surface area contributed by atoms with Crippen LogP contribution in [0.3, 0.4) is 0 Å². The molecule has 0 atom stereocenters. The van der Waals surface area contributed by atoms with Gasteiger partial charge in [0.2, 0.25) is 0 Å².